The van der Waals surface area contributed by atoms with E-state index in [0.29, 0.717) is 34.3 Å². The van der Waals surface area contributed by atoms with Gasteiger partial charge in [0, 0.05) is 29.9 Å². The van der Waals surface area contributed by atoms with E-state index in [2.05, 4.69) is 16.0 Å². The second-order valence-corrected chi connectivity index (χ2v) is 6.37. The minimum absolute atomic E-state index is 0.191. The zero-order chi connectivity index (χ0) is 16.6. The molecule has 0 aliphatic heterocycles. The van der Waals surface area contributed by atoms with Gasteiger partial charge in [-0.15, -0.1) is 0 Å². The highest BCUT2D eigenvalue weighted by Crippen LogP contribution is 2.29. The summed E-state index contributed by atoms with van der Waals surface area (Å²) < 4.78 is 24.8. The van der Waals surface area contributed by atoms with E-state index in [4.69, 9.17) is 5.14 Å². The lowest BCUT2D eigenvalue weighted by molar-refractivity contribution is 0.570. The minimum atomic E-state index is -3.92. The number of hydrogen-bond acceptors (Lipinski definition) is 5. The van der Waals surface area contributed by atoms with E-state index < -0.39 is 10.0 Å². The number of aromatic nitrogens is 3. The highest BCUT2D eigenvalue weighted by atomic mass is 32.2. The van der Waals surface area contributed by atoms with Crippen LogP contribution in [0.4, 0.5) is 0 Å². The van der Waals surface area contributed by atoms with Crippen LogP contribution in [0.15, 0.2) is 41.8 Å². The number of pyridine rings is 1. The Balaban J connectivity index is 2.31. The molecule has 116 valence electrons. The molecule has 0 aliphatic rings. The van der Waals surface area contributed by atoms with Gasteiger partial charge in [0.1, 0.15) is 0 Å². The fourth-order valence-electron chi connectivity index (χ4n) is 2.46. The number of nitrogens with two attached hydrogens (primary N) is 1. The van der Waals surface area contributed by atoms with E-state index in [9.17, 15) is 13.7 Å². The molecule has 7 nitrogen and oxygen atoms in total. The summed E-state index contributed by atoms with van der Waals surface area (Å²) in [6.07, 6.45) is 3.24. The minimum Gasteiger partial charge on any atom is -0.320 e. The molecule has 0 aliphatic carbocycles. The van der Waals surface area contributed by atoms with Crippen molar-refractivity contribution >= 4 is 20.9 Å². The maximum absolute atomic E-state index is 11.7. The number of fused-ring (bicyclic) bond motifs is 1. The highest BCUT2D eigenvalue weighted by molar-refractivity contribution is 7.89. The van der Waals surface area contributed by atoms with Crippen LogP contribution in [-0.4, -0.2) is 23.0 Å². The van der Waals surface area contributed by atoms with Crippen LogP contribution in [0.5, 0.6) is 0 Å². The van der Waals surface area contributed by atoms with Crippen LogP contribution in [0.2, 0.25) is 0 Å². The molecular formula is C15H13N5O2S. The van der Waals surface area contributed by atoms with Gasteiger partial charge in [-0.2, -0.15) is 5.26 Å². The van der Waals surface area contributed by atoms with Crippen molar-refractivity contribution in [1.29, 1.82) is 5.26 Å². The Morgan fingerprint density at radius 3 is 2.74 bits per heavy atom. The highest BCUT2D eigenvalue weighted by Gasteiger charge is 2.20. The summed E-state index contributed by atoms with van der Waals surface area (Å²) in [5.74, 6) is 0. The number of nitriles is 1. The average molecular weight is 327 g/mol. The van der Waals surface area contributed by atoms with E-state index in [0.717, 1.165) is 0 Å². The molecule has 0 spiro atoms. The van der Waals surface area contributed by atoms with Crippen molar-refractivity contribution in [3.63, 3.8) is 0 Å². The number of imidazole rings is 1. The fraction of sp³-hybridized carbons (Fsp3) is 0.133. The van der Waals surface area contributed by atoms with Crippen LogP contribution in [0.1, 0.15) is 12.5 Å². The van der Waals surface area contributed by atoms with Crippen LogP contribution >= 0.6 is 0 Å². The number of nitrogens with zero attached hydrogens (tertiary/aromatic N) is 4. The third kappa shape index (κ3) is 2.56. The van der Waals surface area contributed by atoms with E-state index >= 15 is 0 Å². The molecule has 0 atom stereocenters. The third-order valence-electron chi connectivity index (χ3n) is 3.50. The molecule has 8 heteroatoms. The zero-order valence-corrected chi connectivity index (χ0v) is 13.1. The first kappa shape index (κ1) is 15.1. The molecule has 1 aromatic carbocycles. The van der Waals surface area contributed by atoms with E-state index in [1.165, 1.54) is 4.57 Å². The Morgan fingerprint density at radius 2 is 2.13 bits per heavy atom. The van der Waals surface area contributed by atoms with Crippen molar-refractivity contribution in [3.05, 3.63) is 42.2 Å². The Bertz CT molecular complexity index is 1050. The van der Waals surface area contributed by atoms with Gasteiger partial charge < -0.3 is 4.57 Å². The molecule has 2 heterocycles. The normalized spacial score (nSPS) is 11.5. The summed E-state index contributed by atoms with van der Waals surface area (Å²) in [7, 11) is -3.92. The predicted octanol–water partition coefficient (Wildman–Crippen LogP) is 1.64. The quantitative estimate of drug-likeness (QED) is 0.785. The molecule has 0 unspecified atom stereocenters. The van der Waals surface area contributed by atoms with E-state index in [-0.39, 0.29) is 5.16 Å². The second kappa shape index (κ2) is 5.46. The van der Waals surface area contributed by atoms with Crippen molar-refractivity contribution in [1.82, 2.24) is 14.5 Å². The molecule has 2 aromatic heterocycles. The number of sulfonamides is 1. The largest absolute Gasteiger partial charge is 0.320 e. The van der Waals surface area contributed by atoms with Gasteiger partial charge in [-0.3, -0.25) is 4.98 Å². The molecule has 3 rings (SSSR count). The Labute approximate surface area is 133 Å². The lowest BCUT2D eigenvalue weighted by Gasteiger charge is -2.04. The molecular weight excluding hydrogens is 314 g/mol. The topological polar surface area (TPSA) is 115 Å². The smallest absolute Gasteiger partial charge is 0.272 e. The van der Waals surface area contributed by atoms with Gasteiger partial charge in [-0.05, 0) is 31.2 Å². The van der Waals surface area contributed by atoms with Crippen molar-refractivity contribution in [2.24, 2.45) is 5.14 Å². The lowest BCUT2D eigenvalue weighted by atomic mass is 10.0. The van der Waals surface area contributed by atoms with Gasteiger partial charge in [0.25, 0.3) is 10.0 Å². The standard InChI is InChI=1S/C15H13N5O2S/c1-2-20-9-13(19-15(20)23(17,21)22)12-6-5-10(8-16)11-4-3-7-18-14(11)12/h3-7,9H,2H2,1H3,(H2,17,21,22). The lowest BCUT2D eigenvalue weighted by Crippen LogP contribution is -2.17. The van der Waals surface area contributed by atoms with Crippen LogP contribution in [0, 0.1) is 11.3 Å². The number of hydrogen-bond donors (Lipinski definition) is 1. The Kier molecular flexibility index (Phi) is 3.60. The maximum atomic E-state index is 11.7. The van der Waals surface area contributed by atoms with Crippen molar-refractivity contribution < 1.29 is 8.42 Å². The van der Waals surface area contributed by atoms with Gasteiger partial charge in [0.05, 0.1) is 22.8 Å². The first-order chi connectivity index (χ1) is 11.0. The van der Waals surface area contributed by atoms with Crippen LogP contribution in [0.25, 0.3) is 22.2 Å². The summed E-state index contributed by atoms with van der Waals surface area (Å²) in [5.41, 5.74) is 2.19. The monoisotopic (exact) mass is 327 g/mol. The Hall–Kier alpha value is -2.76. The summed E-state index contributed by atoms with van der Waals surface area (Å²) >= 11 is 0. The molecule has 0 radical (unpaired) electrons. The van der Waals surface area contributed by atoms with Gasteiger partial charge >= 0.3 is 0 Å². The molecule has 0 bridgehead atoms. The zero-order valence-electron chi connectivity index (χ0n) is 12.3. The van der Waals surface area contributed by atoms with Crippen molar-refractivity contribution in [2.45, 2.75) is 18.6 Å². The molecule has 0 fully saturated rings. The Morgan fingerprint density at radius 1 is 1.35 bits per heavy atom. The first-order valence-corrected chi connectivity index (χ1v) is 8.38. The molecule has 23 heavy (non-hydrogen) atoms. The van der Waals surface area contributed by atoms with E-state index in [1.54, 1.807) is 43.6 Å². The number of rotatable bonds is 3. The summed E-state index contributed by atoms with van der Waals surface area (Å²) in [5, 5.41) is 14.9. The molecule has 0 amide bonds. The van der Waals surface area contributed by atoms with E-state index in [1.807, 2.05) is 0 Å². The molecule has 3 aromatic rings. The van der Waals surface area contributed by atoms with Gasteiger partial charge in [0.15, 0.2) is 0 Å². The summed E-state index contributed by atoms with van der Waals surface area (Å²) in [4.78, 5) is 8.47. The number of benzene rings is 1. The van der Waals surface area contributed by atoms with Gasteiger partial charge in [0.2, 0.25) is 5.16 Å². The maximum Gasteiger partial charge on any atom is 0.272 e. The fourth-order valence-corrected chi connectivity index (χ4v) is 3.19. The van der Waals surface area contributed by atoms with Gasteiger partial charge in [-0.25, -0.2) is 18.5 Å². The summed E-state index contributed by atoms with van der Waals surface area (Å²) in [6.45, 7) is 2.22. The van der Waals surface area contributed by atoms with Crippen LogP contribution in [0.3, 0.4) is 0 Å². The first-order valence-electron chi connectivity index (χ1n) is 6.84. The third-order valence-corrected chi connectivity index (χ3v) is 4.34. The van der Waals surface area contributed by atoms with Crippen molar-refractivity contribution in [3.8, 4) is 17.3 Å². The second-order valence-electron chi connectivity index (χ2n) is 4.91. The number of aryl methyl sites for hydroxylation is 1. The predicted molar refractivity (Wildman–Crippen MR) is 84.7 cm³/mol. The van der Waals surface area contributed by atoms with Crippen LogP contribution < -0.4 is 5.14 Å². The molecule has 0 saturated carbocycles. The summed E-state index contributed by atoms with van der Waals surface area (Å²) in [6, 6.07) is 9.04. The molecule has 2 N–H and O–H groups in total. The van der Waals surface area contributed by atoms with Crippen molar-refractivity contribution in [2.75, 3.05) is 0 Å². The number of primary sulfonamides is 1. The van der Waals surface area contributed by atoms with Crippen LogP contribution in [-0.2, 0) is 16.6 Å². The molecule has 0 saturated heterocycles. The van der Waals surface area contributed by atoms with Gasteiger partial charge in [-0.1, -0.05) is 0 Å². The average Bonchev–Trinajstić information content (AvgIpc) is 2.98. The SMILES string of the molecule is CCn1cc(-c2ccc(C#N)c3cccnc23)nc1S(N)(=O)=O.